The van der Waals surface area contributed by atoms with Crippen LogP contribution in [0.4, 0.5) is 0 Å². The van der Waals surface area contributed by atoms with Crippen LogP contribution in [0, 0.1) is 0 Å². The summed E-state index contributed by atoms with van der Waals surface area (Å²) in [4.78, 5) is 0. The van der Waals surface area contributed by atoms with Gasteiger partial charge in [-0.3, -0.25) is 0 Å². The largest absolute Gasteiger partial charge is 0.392 e. The molecule has 0 radical (unpaired) electrons. The number of halogens is 1. The van der Waals surface area contributed by atoms with Gasteiger partial charge in [-0.25, -0.2) is 0 Å². The van der Waals surface area contributed by atoms with Crippen molar-refractivity contribution in [2.24, 2.45) is 5.73 Å². The molecule has 3 N–H and O–H groups in total. The standard InChI is InChI=1S/C11H16BrNO/c12-11-7-2-1-4-9(11)5-3-6-10(14)8-13/h1-2,4,7,10,14H,3,5-6,8,13H2. The Balaban J connectivity index is 2.35. The highest BCUT2D eigenvalue weighted by Gasteiger charge is 2.02. The molecule has 0 heterocycles. The monoisotopic (exact) mass is 257 g/mol. The van der Waals surface area contributed by atoms with Crippen molar-refractivity contribution in [1.82, 2.24) is 0 Å². The molecule has 0 spiro atoms. The van der Waals surface area contributed by atoms with Crippen LogP contribution in [-0.4, -0.2) is 17.8 Å². The lowest BCUT2D eigenvalue weighted by Crippen LogP contribution is -2.19. The molecule has 0 bridgehead atoms. The average molecular weight is 258 g/mol. The summed E-state index contributed by atoms with van der Waals surface area (Å²) in [6.45, 7) is 0.357. The molecule has 1 aromatic carbocycles. The maximum Gasteiger partial charge on any atom is 0.0662 e. The Hall–Kier alpha value is -0.380. The highest BCUT2D eigenvalue weighted by Crippen LogP contribution is 2.18. The summed E-state index contributed by atoms with van der Waals surface area (Å²) in [5, 5.41) is 9.27. The summed E-state index contributed by atoms with van der Waals surface area (Å²) in [5.74, 6) is 0. The van der Waals surface area contributed by atoms with Gasteiger partial charge in [-0.05, 0) is 30.9 Å². The molecule has 0 saturated heterocycles. The van der Waals surface area contributed by atoms with Gasteiger partial charge in [0, 0.05) is 11.0 Å². The normalized spacial score (nSPS) is 12.8. The van der Waals surface area contributed by atoms with Crippen LogP contribution in [0.3, 0.4) is 0 Å². The van der Waals surface area contributed by atoms with E-state index in [2.05, 4.69) is 22.0 Å². The van der Waals surface area contributed by atoms with Crippen molar-refractivity contribution >= 4 is 15.9 Å². The number of nitrogens with two attached hydrogens (primary N) is 1. The van der Waals surface area contributed by atoms with Crippen LogP contribution < -0.4 is 5.73 Å². The van der Waals surface area contributed by atoms with E-state index in [1.807, 2.05) is 18.2 Å². The molecular weight excluding hydrogens is 242 g/mol. The molecule has 1 unspecified atom stereocenters. The minimum absolute atomic E-state index is 0.350. The van der Waals surface area contributed by atoms with Gasteiger partial charge in [-0.15, -0.1) is 0 Å². The number of hydrogen-bond acceptors (Lipinski definition) is 2. The van der Waals surface area contributed by atoms with E-state index in [-0.39, 0.29) is 6.10 Å². The molecule has 3 heteroatoms. The molecule has 14 heavy (non-hydrogen) atoms. The van der Waals surface area contributed by atoms with E-state index in [0.29, 0.717) is 6.54 Å². The Morgan fingerprint density at radius 2 is 2.07 bits per heavy atom. The maximum absolute atomic E-state index is 9.27. The third-order valence-electron chi connectivity index (χ3n) is 2.21. The van der Waals surface area contributed by atoms with Crippen molar-refractivity contribution < 1.29 is 5.11 Å². The van der Waals surface area contributed by atoms with Gasteiger partial charge in [0.25, 0.3) is 0 Å². The average Bonchev–Trinajstić information content (AvgIpc) is 2.20. The van der Waals surface area contributed by atoms with E-state index in [1.165, 1.54) is 5.56 Å². The molecular formula is C11H16BrNO. The SMILES string of the molecule is NCC(O)CCCc1ccccc1Br. The van der Waals surface area contributed by atoms with Gasteiger partial charge in [-0.1, -0.05) is 34.1 Å². The summed E-state index contributed by atoms with van der Waals surface area (Å²) in [6, 6.07) is 8.16. The number of aliphatic hydroxyl groups is 1. The first-order valence-electron chi connectivity index (χ1n) is 4.85. The molecule has 2 nitrogen and oxygen atoms in total. The first kappa shape index (κ1) is 11.7. The fourth-order valence-corrected chi connectivity index (χ4v) is 1.83. The lowest BCUT2D eigenvalue weighted by molar-refractivity contribution is 0.170. The Kier molecular flexibility index (Phi) is 5.15. The van der Waals surface area contributed by atoms with Gasteiger partial charge in [0.05, 0.1) is 6.10 Å². The Bertz CT molecular complexity index is 278. The molecule has 1 rings (SSSR count). The third kappa shape index (κ3) is 3.78. The van der Waals surface area contributed by atoms with Crippen molar-refractivity contribution in [2.45, 2.75) is 25.4 Å². The number of benzene rings is 1. The third-order valence-corrected chi connectivity index (χ3v) is 2.99. The van der Waals surface area contributed by atoms with Crippen LogP contribution >= 0.6 is 15.9 Å². The molecule has 0 saturated carbocycles. The summed E-state index contributed by atoms with van der Waals surface area (Å²) < 4.78 is 1.14. The predicted octanol–water partition coefficient (Wildman–Crippen LogP) is 2.09. The van der Waals surface area contributed by atoms with Crippen LogP contribution in [0.2, 0.25) is 0 Å². The van der Waals surface area contributed by atoms with Crippen LogP contribution in [-0.2, 0) is 6.42 Å². The zero-order valence-electron chi connectivity index (χ0n) is 8.12. The molecule has 0 aliphatic rings. The highest BCUT2D eigenvalue weighted by molar-refractivity contribution is 9.10. The van der Waals surface area contributed by atoms with E-state index < -0.39 is 0 Å². The lowest BCUT2D eigenvalue weighted by Gasteiger charge is -2.07. The van der Waals surface area contributed by atoms with Crippen molar-refractivity contribution in [3.63, 3.8) is 0 Å². The summed E-state index contributed by atoms with van der Waals surface area (Å²) in [7, 11) is 0. The van der Waals surface area contributed by atoms with E-state index in [1.54, 1.807) is 0 Å². The molecule has 1 atom stereocenters. The van der Waals surface area contributed by atoms with Crippen molar-refractivity contribution in [3.05, 3.63) is 34.3 Å². The van der Waals surface area contributed by atoms with Gasteiger partial charge in [0.15, 0.2) is 0 Å². The van der Waals surface area contributed by atoms with Gasteiger partial charge < -0.3 is 10.8 Å². The predicted molar refractivity (Wildman–Crippen MR) is 62.1 cm³/mol. The van der Waals surface area contributed by atoms with Gasteiger partial charge >= 0.3 is 0 Å². The minimum atomic E-state index is -0.350. The summed E-state index contributed by atoms with van der Waals surface area (Å²) >= 11 is 3.49. The van der Waals surface area contributed by atoms with Crippen LogP contribution in [0.1, 0.15) is 18.4 Å². The van der Waals surface area contributed by atoms with Crippen molar-refractivity contribution in [1.29, 1.82) is 0 Å². The molecule has 0 fully saturated rings. The fourth-order valence-electron chi connectivity index (χ4n) is 1.35. The highest BCUT2D eigenvalue weighted by atomic mass is 79.9. The first-order valence-corrected chi connectivity index (χ1v) is 5.65. The van der Waals surface area contributed by atoms with Gasteiger partial charge in [-0.2, -0.15) is 0 Å². The minimum Gasteiger partial charge on any atom is -0.392 e. The number of aliphatic hydroxyl groups excluding tert-OH is 1. The van der Waals surface area contributed by atoms with Crippen molar-refractivity contribution in [2.75, 3.05) is 6.54 Å². The Morgan fingerprint density at radius 3 is 2.71 bits per heavy atom. The van der Waals surface area contributed by atoms with Crippen molar-refractivity contribution in [3.8, 4) is 0 Å². The zero-order chi connectivity index (χ0) is 10.4. The van der Waals surface area contributed by atoms with Gasteiger partial charge in [0.2, 0.25) is 0 Å². The Labute approximate surface area is 93.3 Å². The van der Waals surface area contributed by atoms with E-state index in [0.717, 1.165) is 23.7 Å². The second kappa shape index (κ2) is 6.17. The number of hydrogen-bond donors (Lipinski definition) is 2. The summed E-state index contributed by atoms with van der Waals surface area (Å²) in [5.41, 5.74) is 6.61. The second-order valence-electron chi connectivity index (χ2n) is 3.37. The molecule has 0 aliphatic heterocycles. The number of rotatable bonds is 5. The maximum atomic E-state index is 9.27. The number of aryl methyl sites for hydroxylation is 1. The lowest BCUT2D eigenvalue weighted by atomic mass is 10.1. The second-order valence-corrected chi connectivity index (χ2v) is 4.23. The van der Waals surface area contributed by atoms with Crippen LogP contribution in [0.25, 0.3) is 0 Å². The molecule has 0 amide bonds. The van der Waals surface area contributed by atoms with Crippen LogP contribution in [0.15, 0.2) is 28.7 Å². The molecule has 0 aromatic heterocycles. The fraction of sp³-hybridized carbons (Fsp3) is 0.455. The van der Waals surface area contributed by atoms with E-state index >= 15 is 0 Å². The summed E-state index contributed by atoms with van der Waals surface area (Å²) in [6.07, 6.45) is 2.38. The smallest absolute Gasteiger partial charge is 0.0662 e. The molecule has 1 aromatic rings. The molecule has 0 aliphatic carbocycles. The quantitative estimate of drug-likeness (QED) is 0.849. The van der Waals surface area contributed by atoms with Gasteiger partial charge in [0.1, 0.15) is 0 Å². The zero-order valence-corrected chi connectivity index (χ0v) is 9.70. The van der Waals surface area contributed by atoms with E-state index in [4.69, 9.17) is 5.73 Å². The Morgan fingerprint density at radius 1 is 1.36 bits per heavy atom. The molecule has 78 valence electrons. The first-order chi connectivity index (χ1) is 6.74. The van der Waals surface area contributed by atoms with E-state index in [9.17, 15) is 5.11 Å². The topological polar surface area (TPSA) is 46.2 Å². The van der Waals surface area contributed by atoms with Crippen LogP contribution in [0.5, 0.6) is 0 Å².